The molecule has 0 unspecified atom stereocenters. The third-order valence-corrected chi connectivity index (χ3v) is 7.94. The van der Waals surface area contributed by atoms with Crippen LogP contribution in [0.25, 0.3) is 0 Å². The SMILES string of the molecule is COc1cc2c(cc1CN[C@]13C[C@H]1CN(C)[C@H]3c1ccccc1)N(C)C(=O)[C@H]1C[C@@H]21. The first-order valence-corrected chi connectivity index (χ1v) is 11.0. The number of nitrogens with zero attached hydrogens (tertiary/aromatic N) is 2. The van der Waals surface area contributed by atoms with Gasteiger partial charge in [-0.25, -0.2) is 0 Å². The number of methoxy groups -OCH3 is 1. The Bertz CT molecular complexity index is 1020. The number of carbonyl (C=O) groups excluding carboxylic acids is 1. The summed E-state index contributed by atoms with van der Waals surface area (Å²) in [5, 5.41) is 3.93. The molecule has 0 aromatic heterocycles. The fourth-order valence-electron chi connectivity index (χ4n) is 6.24. The van der Waals surface area contributed by atoms with Gasteiger partial charge >= 0.3 is 0 Å². The highest BCUT2D eigenvalue weighted by molar-refractivity contribution is 6.01. The largest absolute Gasteiger partial charge is 0.496 e. The van der Waals surface area contributed by atoms with Crippen LogP contribution in [0, 0.1) is 11.8 Å². The van der Waals surface area contributed by atoms with Crippen molar-refractivity contribution in [1.82, 2.24) is 10.2 Å². The van der Waals surface area contributed by atoms with Gasteiger partial charge in [0.1, 0.15) is 5.75 Å². The zero-order chi connectivity index (χ0) is 20.6. The number of rotatable bonds is 5. The summed E-state index contributed by atoms with van der Waals surface area (Å²) in [6.07, 6.45) is 2.19. The van der Waals surface area contributed by atoms with Crippen LogP contribution >= 0.6 is 0 Å². The van der Waals surface area contributed by atoms with Crippen molar-refractivity contribution >= 4 is 11.6 Å². The van der Waals surface area contributed by atoms with Gasteiger partial charge in [0.05, 0.1) is 13.2 Å². The van der Waals surface area contributed by atoms with Gasteiger partial charge in [0.15, 0.2) is 0 Å². The zero-order valence-corrected chi connectivity index (χ0v) is 17.9. The molecular formula is C25H29N3O2. The monoisotopic (exact) mass is 403 g/mol. The van der Waals surface area contributed by atoms with Crippen LogP contribution < -0.4 is 15.0 Å². The van der Waals surface area contributed by atoms with E-state index in [2.05, 4.69) is 59.7 Å². The van der Waals surface area contributed by atoms with Crippen molar-refractivity contribution in [3.05, 3.63) is 59.2 Å². The molecule has 5 heteroatoms. The smallest absolute Gasteiger partial charge is 0.230 e. The summed E-state index contributed by atoms with van der Waals surface area (Å²) in [6.45, 7) is 1.88. The fourth-order valence-corrected chi connectivity index (χ4v) is 6.24. The maximum Gasteiger partial charge on any atom is 0.230 e. The molecular weight excluding hydrogens is 374 g/mol. The highest BCUT2D eigenvalue weighted by Crippen LogP contribution is 2.60. The Hall–Kier alpha value is -2.37. The van der Waals surface area contributed by atoms with E-state index in [4.69, 9.17) is 4.74 Å². The van der Waals surface area contributed by atoms with Gasteiger partial charge in [-0.05, 0) is 55.0 Å². The van der Waals surface area contributed by atoms with E-state index in [0.29, 0.717) is 17.9 Å². The molecule has 1 saturated heterocycles. The molecule has 2 aliphatic carbocycles. The number of likely N-dealkylation sites (N-methyl/N-ethyl adjacent to an activating group) is 1. The summed E-state index contributed by atoms with van der Waals surface area (Å²) in [7, 11) is 5.90. The molecule has 30 heavy (non-hydrogen) atoms. The molecule has 5 atom stereocenters. The molecule has 2 aromatic carbocycles. The zero-order valence-electron chi connectivity index (χ0n) is 17.9. The van der Waals surface area contributed by atoms with E-state index >= 15 is 0 Å². The second kappa shape index (κ2) is 6.32. The Balaban J connectivity index is 1.30. The third-order valence-electron chi connectivity index (χ3n) is 7.94. The fraction of sp³-hybridized carbons (Fsp3) is 0.480. The van der Waals surface area contributed by atoms with Gasteiger partial charge in [-0.1, -0.05) is 30.3 Å². The quantitative estimate of drug-likeness (QED) is 0.832. The van der Waals surface area contributed by atoms with E-state index in [1.165, 1.54) is 17.5 Å². The normalized spacial score (nSPS) is 33.7. The van der Waals surface area contributed by atoms with Crippen LogP contribution in [0.2, 0.25) is 0 Å². The van der Waals surface area contributed by atoms with E-state index in [-0.39, 0.29) is 17.4 Å². The molecule has 1 N–H and O–H groups in total. The van der Waals surface area contributed by atoms with Gasteiger partial charge < -0.3 is 15.0 Å². The van der Waals surface area contributed by atoms with Crippen LogP contribution in [0.1, 0.15) is 41.5 Å². The Morgan fingerprint density at radius 2 is 1.97 bits per heavy atom. The van der Waals surface area contributed by atoms with E-state index < -0.39 is 0 Å². The molecule has 1 amide bonds. The number of benzene rings is 2. The second-order valence-electron chi connectivity index (χ2n) is 9.62. The summed E-state index contributed by atoms with van der Waals surface area (Å²) in [6, 6.07) is 15.6. The molecule has 156 valence electrons. The number of likely N-dealkylation sites (tertiary alicyclic amines) is 1. The number of carbonyl (C=O) groups is 1. The van der Waals surface area contributed by atoms with Gasteiger partial charge in [-0.2, -0.15) is 0 Å². The van der Waals surface area contributed by atoms with Crippen molar-refractivity contribution in [3.8, 4) is 5.75 Å². The molecule has 0 spiro atoms. The summed E-state index contributed by atoms with van der Waals surface area (Å²) in [5.74, 6) is 2.46. The maximum atomic E-state index is 12.5. The lowest BCUT2D eigenvalue weighted by Crippen LogP contribution is -2.40. The number of ether oxygens (including phenoxy) is 1. The number of nitrogens with one attached hydrogen (secondary N) is 1. The predicted octanol–water partition coefficient (Wildman–Crippen LogP) is 3.31. The van der Waals surface area contributed by atoms with Crippen LogP contribution in [0.15, 0.2) is 42.5 Å². The van der Waals surface area contributed by atoms with Crippen molar-refractivity contribution in [2.24, 2.45) is 11.8 Å². The van der Waals surface area contributed by atoms with Crippen molar-refractivity contribution in [1.29, 1.82) is 0 Å². The first-order chi connectivity index (χ1) is 14.5. The summed E-state index contributed by atoms with van der Waals surface area (Å²) < 4.78 is 5.78. The number of piperidine rings is 1. The Morgan fingerprint density at radius 1 is 1.17 bits per heavy atom. The maximum absolute atomic E-state index is 12.5. The van der Waals surface area contributed by atoms with E-state index in [0.717, 1.165) is 36.5 Å². The average molecular weight is 404 g/mol. The molecule has 5 nitrogen and oxygen atoms in total. The minimum atomic E-state index is 0.125. The Morgan fingerprint density at radius 3 is 2.73 bits per heavy atom. The van der Waals surface area contributed by atoms with Crippen LogP contribution in [0.5, 0.6) is 5.75 Å². The minimum absolute atomic E-state index is 0.125. The number of fused-ring (bicyclic) bond motifs is 4. The van der Waals surface area contributed by atoms with Crippen molar-refractivity contribution < 1.29 is 9.53 Å². The number of hydrogen-bond acceptors (Lipinski definition) is 4. The van der Waals surface area contributed by atoms with Gasteiger partial charge in [0.25, 0.3) is 0 Å². The topological polar surface area (TPSA) is 44.8 Å². The molecule has 3 fully saturated rings. The molecule has 2 saturated carbocycles. The van der Waals surface area contributed by atoms with Crippen molar-refractivity contribution in [3.63, 3.8) is 0 Å². The number of amides is 1. The van der Waals surface area contributed by atoms with E-state index in [9.17, 15) is 4.79 Å². The molecule has 2 aromatic rings. The molecule has 2 aliphatic heterocycles. The van der Waals surface area contributed by atoms with Crippen LogP contribution in [0.4, 0.5) is 5.69 Å². The molecule has 0 radical (unpaired) electrons. The third kappa shape index (κ3) is 2.51. The minimum Gasteiger partial charge on any atom is -0.496 e. The lowest BCUT2D eigenvalue weighted by Gasteiger charge is -2.31. The lowest BCUT2D eigenvalue weighted by molar-refractivity contribution is -0.119. The van der Waals surface area contributed by atoms with Crippen LogP contribution in [-0.4, -0.2) is 44.1 Å². The second-order valence-corrected chi connectivity index (χ2v) is 9.62. The Kier molecular flexibility index (Phi) is 3.87. The molecule has 0 bridgehead atoms. The molecule has 4 aliphatic rings. The predicted molar refractivity (Wildman–Crippen MR) is 117 cm³/mol. The Labute approximate surface area is 178 Å². The highest BCUT2D eigenvalue weighted by atomic mass is 16.5. The van der Waals surface area contributed by atoms with Crippen molar-refractivity contribution in [2.45, 2.75) is 36.9 Å². The summed E-state index contributed by atoms with van der Waals surface area (Å²) in [4.78, 5) is 16.9. The van der Waals surface area contributed by atoms with E-state index in [1.807, 2.05) is 11.9 Å². The summed E-state index contributed by atoms with van der Waals surface area (Å²) >= 11 is 0. The van der Waals surface area contributed by atoms with Crippen molar-refractivity contribution in [2.75, 3.05) is 32.6 Å². The standard InChI is InChI=1S/C25H29N3O2/c1-27-14-17-12-25(17,23(27)15-7-5-4-6-8-15)26-13-16-9-21-19(11-22(16)30-3)18-10-20(18)24(29)28(21)2/h4-9,11,17-18,20,23,26H,10,12-14H2,1-3H3/t17-,18-,20-,23-,25+/m0/s1. The van der Waals surface area contributed by atoms with Crippen LogP contribution in [0.3, 0.4) is 0 Å². The van der Waals surface area contributed by atoms with Gasteiger partial charge in [0.2, 0.25) is 5.91 Å². The molecule has 6 rings (SSSR count). The lowest BCUT2D eigenvalue weighted by atomic mass is 9.95. The summed E-state index contributed by atoms with van der Waals surface area (Å²) in [5.41, 5.74) is 4.98. The highest BCUT2D eigenvalue weighted by Gasteiger charge is 2.65. The number of hydrogen-bond donors (Lipinski definition) is 1. The van der Waals surface area contributed by atoms with E-state index in [1.54, 1.807) is 7.11 Å². The van der Waals surface area contributed by atoms with Gasteiger partial charge in [-0.15, -0.1) is 0 Å². The first-order valence-electron chi connectivity index (χ1n) is 11.0. The van der Waals surface area contributed by atoms with Gasteiger partial charge in [-0.3, -0.25) is 9.69 Å². The van der Waals surface area contributed by atoms with Crippen LogP contribution in [-0.2, 0) is 11.3 Å². The molecule has 2 heterocycles. The number of anilines is 1. The van der Waals surface area contributed by atoms with Gasteiger partial charge in [0, 0.05) is 42.8 Å². The first kappa shape index (κ1) is 18.4. The average Bonchev–Trinajstić information content (AvgIpc) is 3.67.